The second-order valence-electron chi connectivity index (χ2n) is 38.7. The Morgan fingerprint density at radius 2 is 0.913 bits per heavy atom. The highest BCUT2D eigenvalue weighted by Gasteiger charge is 2.42. The van der Waals surface area contributed by atoms with E-state index in [4.69, 9.17) is 92.5 Å². The van der Waals surface area contributed by atoms with E-state index in [0.717, 1.165) is 124 Å². The average Bonchev–Trinajstić information content (AvgIpc) is 0.770. The smallest absolute Gasteiger partial charge is 0.410 e. The summed E-state index contributed by atoms with van der Waals surface area (Å²) in [4.78, 5) is 97.5. The van der Waals surface area contributed by atoms with Crippen LogP contribution in [0.5, 0.6) is 12.0 Å². The van der Waals surface area contributed by atoms with Crippen LogP contribution in [-0.2, 0) is 80.7 Å². The van der Waals surface area contributed by atoms with Gasteiger partial charge in [0.2, 0.25) is 19.0 Å². The van der Waals surface area contributed by atoms with E-state index < -0.39 is 17.8 Å². The van der Waals surface area contributed by atoms with Gasteiger partial charge in [-0.3, -0.25) is 9.80 Å². The molecule has 8 atom stereocenters. The molecule has 0 spiro atoms. The number of carbonyl (C=O) groups excluding carboxylic acids is 3. The van der Waals surface area contributed by atoms with Crippen molar-refractivity contribution in [3.05, 3.63) is 270 Å². The normalized spacial score (nSPS) is 20.6. The summed E-state index contributed by atoms with van der Waals surface area (Å²) in [6.45, 7) is 38.7. The quantitative estimate of drug-likeness (QED) is 0.0452. The minimum Gasteiger partial charge on any atom is -0.462 e. The summed E-state index contributed by atoms with van der Waals surface area (Å²) in [5.41, 5.74) is 12.9. The molecular formula is C108H127ClN18O11. The van der Waals surface area contributed by atoms with Crippen molar-refractivity contribution in [3.63, 3.8) is 0 Å². The zero-order valence-electron chi connectivity index (χ0n) is 81.2. The van der Waals surface area contributed by atoms with Gasteiger partial charge in [-0.05, 0) is 180 Å². The number of aryl methyl sites for hydroxylation is 2. The van der Waals surface area contributed by atoms with Crippen molar-refractivity contribution in [2.75, 3.05) is 166 Å². The van der Waals surface area contributed by atoms with E-state index in [1.54, 1.807) is 14.7 Å². The molecule has 5 saturated heterocycles. The van der Waals surface area contributed by atoms with Gasteiger partial charge < -0.3 is 86.8 Å². The first kappa shape index (κ1) is 97.1. The predicted molar refractivity (Wildman–Crippen MR) is 536 cm³/mol. The number of nitrogens with zero attached hydrogens (tertiary/aromatic N) is 18. The molecule has 3 unspecified atom stereocenters. The molecule has 138 heavy (non-hydrogen) atoms. The monoisotopic (exact) mass is 1890 g/mol. The molecule has 8 aliphatic rings. The minimum atomic E-state index is -0.528. The number of ether oxygens (including phenoxy) is 8. The lowest BCUT2D eigenvalue weighted by atomic mass is 9.92. The third-order valence-corrected chi connectivity index (χ3v) is 28.1. The van der Waals surface area contributed by atoms with Gasteiger partial charge in [-0.1, -0.05) is 175 Å². The Morgan fingerprint density at radius 3 is 1.36 bits per heavy atom. The number of carbonyl (C=O) groups is 3. The number of rotatable bonds is 22. The van der Waals surface area contributed by atoms with Gasteiger partial charge in [0.1, 0.15) is 61.6 Å². The SMILES string of the molecule is Cc1cccc2cccc(C3Cc4nc(OC[C@@H]5CCCN5C)nc(N5CCN(C(=O)OC(C)(C)C)C[C@@H]5C)c4CO3)c12.[C-]#[N+]C[C@H]1CN(c2nc(N(C)CCN(C)C)nc3c2COC(c2cccc4cccc(C)c24)C3)CCN1C(=O)OCc1ccccc1.[C-]#[N+]C[C@H]1CN(c2nc(OC[C@@H]3CCCN3C)nc3c2COC(c2cccc4cccc(Cl)c24)C3)CCN1C(=O)OCc1ccccc1. The van der Waals surface area contributed by atoms with E-state index in [-0.39, 0.29) is 68.8 Å². The number of fused-ring (bicyclic) bond motifs is 6. The number of likely N-dealkylation sites (N-methyl/N-ethyl adjacent to an activating group) is 4. The fourth-order valence-corrected chi connectivity index (χ4v) is 20.5. The third kappa shape index (κ3) is 22.7. The van der Waals surface area contributed by atoms with E-state index in [1.807, 2.05) is 107 Å². The van der Waals surface area contributed by atoms with Gasteiger partial charge in [0, 0.05) is 144 Å². The minimum absolute atomic E-state index is 0.0347. The lowest BCUT2D eigenvalue weighted by Gasteiger charge is -2.42. The van der Waals surface area contributed by atoms with E-state index in [2.05, 4.69) is 184 Å². The number of anilines is 4. The lowest BCUT2D eigenvalue weighted by Crippen LogP contribution is -2.57. The first-order chi connectivity index (χ1) is 66.9. The molecule has 19 rings (SSSR count). The molecule has 11 heterocycles. The molecule has 29 nitrogen and oxygen atoms in total. The number of amides is 3. The molecule has 3 amide bonds. The second kappa shape index (κ2) is 44.1. The zero-order chi connectivity index (χ0) is 96.3. The summed E-state index contributed by atoms with van der Waals surface area (Å²) in [6.07, 6.45) is 4.75. The molecule has 8 aromatic carbocycles. The second-order valence-corrected chi connectivity index (χ2v) is 39.1. The first-order valence-corrected chi connectivity index (χ1v) is 48.8. The highest BCUT2D eigenvalue weighted by molar-refractivity contribution is 6.35. The molecule has 0 aliphatic carbocycles. The van der Waals surface area contributed by atoms with Crippen LogP contribution in [0, 0.1) is 27.0 Å². The highest BCUT2D eigenvalue weighted by Crippen LogP contribution is 2.45. The Bertz CT molecular complexity index is 6230. The third-order valence-electron chi connectivity index (χ3n) is 27.8. The van der Waals surface area contributed by atoms with Gasteiger partial charge in [0.15, 0.2) is 0 Å². The zero-order valence-corrected chi connectivity index (χ0v) is 82.0. The summed E-state index contributed by atoms with van der Waals surface area (Å²) in [5.74, 6) is 3.07. The van der Waals surface area contributed by atoms with Crippen LogP contribution >= 0.6 is 11.6 Å². The standard InChI is InChI=1S/C37H39ClN6O4.C37H43N7O3.C34H45N5O4/c1-39-20-28-21-43(17-18-44(28)37(45)48-22-25-9-4-3-5-10-25)35-30-24-46-33(29-14-6-11-26-12-7-15-31(38)34(26)29)19-32(30)40-36(41-35)47-23-27-13-8-16-42(27)2;1-26-11-9-14-28-15-10-16-30(34(26)28)33-21-32-31(25-46-33)35(40-36(39-32)42(5)18-17-41(3)4)43-19-20-44(29(23-43)22-38-2)37(45)47-24-27-12-7-6-8-13-27;1-22-10-7-11-24-12-8-14-26(30(22)24)29-18-28-27(21-41-29)31(36-32(35-28)42-20-25-13-9-15-37(25)6)39-17-16-38(19-23(39)2)33(40)43-34(3,4)5/h3-7,9-12,14-15,27-28,33H,8,13,16-24H2,2H3;6-16,29,33H,17-25H2,1,3-5H3;7-8,10-12,14,23,25,29H,9,13,15-21H2,1-6H3/t27-,28-,33?;29-,33?;23-,25-,29?/m000/s1. The van der Waals surface area contributed by atoms with Crippen molar-refractivity contribution in [1.82, 2.24) is 59.3 Å². The molecular weight excluding hydrogens is 1760 g/mol. The Balaban J connectivity index is 0.000000143. The Kier molecular flexibility index (Phi) is 31.0. The topological polar surface area (TPSA) is 244 Å². The van der Waals surface area contributed by atoms with Gasteiger partial charge >= 0.3 is 30.3 Å². The fourth-order valence-electron chi connectivity index (χ4n) is 20.3. The number of hydrogen-bond acceptors (Lipinski definition) is 24. The molecule has 5 fully saturated rings. The van der Waals surface area contributed by atoms with Gasteiger partial charge in [-0.2, -0.15) is 24.9 Å². The van der Waals surface area contributed by atoms with Crippen molar-refractivity contribution in [2.24, 2.45) is 0 Å². The van der Waals surface area contributed by atoms with Crippen LogP contribution < -0.4 is 29.1 Å². The Labute approximate surface area is 814 Å². The number of likely N-dealkylation sites (tertiary alicyclic amines) is 2. The van der Waals surface area contributed by atoms with Crippen molar-refractivity contribution in [1.29, 1.82) is 0 Å². The lowest BCUT2D eigenvalue weighted by molar-refractivity contribution is 0.0209. The summed E-state index contributed by atoms with van der Waals surface area (Å²) < 4.78 is 49.4. The van der Waals surface area contributed by atoms with Crippen LogP contribution in [0.2, 0.25) is 5.02 Å². The highest BCUT2D eigenvalue weighted by atomic mass is 35.5. The average molecular weight is 1890 g/mol. The van der Waals surface area contributed by atoms with Gasteiger partial charge in [0.25, 0.3) is 0 Å². The summed E-state index contributed by atoms with van der Waals surface area (Å²) in [5, 5.41) is 7.65. The maximum atomic E-state index is 13.2. The fraction of sp³-hybridized carbons (Fsp3) is 0.454. The van der Waals surface area contributed by atoms with Crippen LogP contribution in [0.25, 0.3) is 42.0 Å². The van der Waals surface area contributed by atoms with E-state index in [0.29, 0.717) is 146 Å². The largest absolute Gasteiger partial charge is 0.462 e. The molecule has 30 heteroatoms. The number of hydrogen-bond donors (Lipinski definition) is 0. The maximum Gasteiger partial charge on any atom is 0.410 e. The van der Waals surface area contributed by atoms with Crippen molar-refractivity contribution < 1.29 is 52.3 Å². The molecule has 11 aromatic rings. The van der Waals surface area contributed by atoms with E-state index in [9.17, 15) is 14.4 Å². The van der Waals surface area contributed by atoms with Crippen LogP contribution in [0.1, 0.15) is 144 Å². The number of aromatic nitrogens is 6. The maximum absolute atomic E-state index is 13.2. The number of piperazine rings is 3. The van der Waals surface area contributed by atoms with Crippen molar-refractivity contribution >= 4 is 85.6 Å². The molecule has 8 aliphatic heterocycles. The molecule has 3 aromatic heterocycles. The Hall–Kier alpha value is -12.6. The predicted octanol–water partition coefficient (Wildman–Crippen LogP) is 17.5. The summed E-state index contributed by atoms with van der Waals surface area (Å²) in [6, 6.07) is 57.8. The van der Waals surface area contributed by atoms with Crippen molar-refractivity contribution in [3.8, 4) is 12.0 Å². The van der Waals surface area contributed by atoms with Gasteiger partial charge in [0.05, 0.1) is 55.2 Å². The van der Waals surface area contributed by atoms with Crippen LogP contribution in [-0.4, -0.2) is 260 Å². The molecule has 0 N–H and O–H groups in total. The molecule has 0 radical (unpaired) electrons. The van der Waals surface area contributed by atoms with E-state index >= 15 is 0 Å². The molecule has 722 valence electrons. The summed E-state index contributed by atoms with van der Waals surface area (Å²) >= 11 is 6.70. The van der Waals surface area contributed by atoms with E-state index in [1.165, 1.54) is 50.2 Å². The summed E-state index contributed by atoms with van der Waals surface area (Å²) in [7, 11) is 10.4. The van der Waals surface area contributed by atoms with Gasteiger partial charge in [-0.15, -0.1) is 0 Å². The van der Waals surface area contributed by atoms with Crippen LogP contribution in [0.3, 0.4) is 0 Å². The van der Waals surface area contributed by atoms with Crippen LogP contribution in [0.15, 0.2) is 170 Å². The number of benzene rings is 8. The van der Waals surface area contributed by atoms with Crippen molar-refractivity contribution in [2.45, 2.75) is 174 Å². The number of halogens is 1. The molecule has 0 bridgehead atoms. The Morgan fingerprint density at radius 1 is 0.478 bits per heavy atom. The van der Waals surface area contributed by atoms with Gasteiger partial charge in [-0.25, -0.2) is 32.5 Å². The van der Waals surface area contributed by atoms with Crippen LogP contribution in [0.4, 0.5) is 37.8 Å². The molecule has 0 saturated carbocycles. The first-order valence-electron chi connectivity index (χ1n) is 48.4.